The Morgan fingerprint density at radius 3 is 3.06 bits per heavy atom. The molecule has 1 N–H and O–H groups in total. The van der Waals surface area contributed by atoms with Gasteiger partial charge in [-0.15, -0.1) is 0 Å². The molecule has 1 saturated carbocycles. The van der Waals surface area contributed by atoms with Crippen molar-refractivity contribution in [2.45, 2.75) is 19.3 Å². The van der Waals surface area contributed by atoms with Crippen molar-refractivity contribution < 1.29 is 14.6 Å². The first-order valence-electron chi connectivity index (χ1n) is 5.47. The number of methoxy groups -OCH3 is 1. The Morgan fingerprint density at radius 1 is 1.75 bits per heavy atom. The summed E-state index contributed by atoms with van der Waals surface area (Å²) in [4.78, 5) is 11.5. The molecule has 1 fully saturated rings. The number of hydrogen-bond acceptors (Lipinski definition) is 4. The molecule has 0 saturated heterocycles. The molecule has 2 aliphatic carbocycles. The number of hydrogen-bond donors (Lipinski definition) is 1. The normalized spacial score (nSPS) is 36.8. The summed E-state index contributed by atoms with van der Waals surface area (Å²) < 4.78 is 5.21. The fraction of sp³-hybridized carbons (Fsp3) is 0.667. The maximum Gasteiger partial charge on any atom is 0.160 e. The summed E-state index contributed by atoms with van der Waals surface area (Å²) in [5.41, 5.74) is -0.572. The van der Waals surface area contributed by atoms with E-state index >= 15 is 0 Å². The molecular weight excluding hydrogens is 206 g/mol. The molecule has 16 heavy (non-hydrogen) atoms. The van der Waals surface area contributed by atoms with Crippen molar-refractivity contribution in [3.8, 4) is 6.07 Å². The van der Waals surface area contributed by atoms with Crippen molar-refractivity contribution in [2.24, 2.45) is 17.3 Å². The lowest BCUT2D eigenvalue weighted by Crippen LogP contribution is -2.51. The number of ketones is 1. The van der Waals surface area contributed by atoms with Crippen LogP contribution in [0.1, 0.15) is 19.3 Å². The van der Waals surface area contributed by atoms with Gasteiger partial charge in [-0.25, -0.2) is 0 Å². The molecule has 2 aliphatic rings. The van der Waals surface area contributed by atoms with Gasteiger partial charge < -0.3 is 9.84 Å². The average Bonchev–Trinajstić information content (AvgIpc) is 2.25. The minimum absolute atomic E-state index is 0.00708. The zero-order chi connectivity index (χ0) is 11.8. The lowest BCUT2D eigenvalue weighted by atomic mass is 9.49. The maximum atomic E-state index is 11.5. The second-order valence-electron chi connectivity index (χ2n) is 4.62. The molecule has 0 unspecified atom stereocenters. The zero-order valence-corrected chi connectivity index (χ0v) is 9.27. The Bertz CT molecular complexity index is 382. The molecule has 4 nitrogen and oxygen atoms in total. The largest absolute Gasteiger partial charge is 0.501 e. The van der Waals surface area contributed by atoms with E-state index in [4.69, 9.17) is 9.84 Å². The Labute approximate surface area is 94.5 Å². The minimum atomic E-state index is -0.572. The Morgan fingerprint density at radius 2 is 2.50 bits per heavy atom. The van der Waals surface area contributed by atoms with Gasteiger partial charge in [-0.3, -0.25) is 4.79 Å². The topological polar surface area (TPSA) is 70.3 Å². The molecule has 0 spiro atoms. The predicted octanol–water partition coefficient (Wildman–Crippen LogP) is 1.02. The molecule has 0 aromatic heterocycles. The number of ether oxygens (including phenoxy) is 1. The molecule has 0 amide bonds. The third-order valence-electron chi connectivity index (χ3n) is 3.75. The summed E-state index contributed by atoms with van der Waals surface area (Å²) in [7, 11) is 1.53. The average molecular weight is 221 g/mol. The highest BCUT2D eigenvalue weighted by Gasteiger charge is 2.58. The number of carbonyl (C=O) groups excluding carboxylic acids is 1. The third kappa shape index (κ3) is 1.43. The molecule has 0 aromatic carbocycles. The van der Waals surface area contributed by atoms with Crippen molar-refractivity contribution in [1.82, 2.24) is 0 Å². The Hall–Kier alpha value is -1.34. The predicted molar refractivity (Wildman–Crippen MR) is 56.1 cm³/mol. The molecule has 0 aliphatic heterocycles. The fourth-order valence-electron chi connectivity index (χ4n) is 3.08. The number of rotatable bonds is 3. The van der Waals surface area contributed by atoms with E-state index in [9.17, 15) is 10.1 Å². The number of fused-ring (bicyclic) bond motifs is 1. The van der Waals surface area contributed by atoms with Gasteiger partial charge in [0.1, 0.15) is 5.76 Å². The van der Waals surface area contributed by atoms with E-state index in [-0.39, 0.29) is 24.2 Å². The van der Waals surface area contributed by atoms with Gasteiger partial charge in [-0.1, -0.05) is 0 Å². The maximum absolute atomic E-state index is 11.5. The highest BCUT2D eigenvalue weighted by molar-refractivity contribution is 5.92. The van der Waals surface area contributed by atoms with E-state index in [0.717, 1.165) is 0 Å². The van der Waals surface area contributed by atoms with Gasteiger partial charge in [-0.05, 0) is 18.8 Å². The molecule has 0 bridgehead atoms. The number of nitriles is 1. The number of allylic oxidation sites excluding steroid dienone is 2. The minimum Gasteiger partial charge on any atom is -0.501 e. The van der Waals surface area contributed by atoms with Crippen LogP contribution in [0.15, 0.2) is 11.8 Å². The summed E-state index contributed by atoms with van der Waals surface area (Å²) in [6.45, 7) is 0.119. The highest BCUT2D eigenvalue weighted by Crippen LogP contribution is 2.59. The zero-order valence-electron chi connectivity index (χ0n) is 9.27. The van der Waals surface area contributed by atoms with Crippen molar-refractivity contribution in [1.29, 1.82) is 5.26 Å². The van der Waals surface area contributed by atoms with Gasteiger partial charge in [-0.2, -0.15) is 5.26 Å². The Balaban J connectivity index is 2.28. The van der Waals surface area contributed by atoms with E-state index < -0.39 is 5.41 Å². The van der Waals surface area contributed by atoms with Crippen LogP contribution in [-0.2, 0) is 9.53 Å². The van der Waals surface area contributed by atoms with Crippen LogP contribution in [0.2, 0.25) is 0 Å². The van der Waals surface area contributed by atoms with Crippen LogP contribution < -0.4 is 0 Å². The number of aliphatic hydroxyl groups excluding tert-OH is 1. The van der Waals surface area contributed by atoms with E-state index in [1.54, 1.807) is 0 Å². The smallest absolute Gasteiger partial charge is 0.160 e. The molecular formula is C12H15NO3. The van der Waals surface area contributed by atoms with Gasteiger partial charge in [0.15, 0.2) is 5.78 Å². The standard InChI is InChI=1S/C12H15NO3/c1-16-10-4-9(15)6-12(7-13)5-8(2-3-14)11(10)12/h4,8,11,14H,2-3,5-6H2,1H3/t8-,11+,12-/m0/s1. The van der Waals surface area contributed by atoms with Crippen molar-refractivity contribution >= 4 is 5.78 Å². The van der Waals surface area contributed by atoms with Crippen LogP contribution in [-0.4, -0.2) is 24.6 Å². The second-order valence-corrected chi connectivity index (χ2v) is 4.62. The lowest BCUT2D eigenvalue weighted by Gasteiger charge is -2.52. The van der Waals surface area contributed by atoms with Crippen LogP contribution in [0.25, 0.3) is 0 Å². The highest BCUT2D eigenvalue weighted by atomic mass is 16.5. The summed E-state index contributed by atoms with van der Waals surface area (Å²) in [6.07, 6.45) is 3.16. The molecule has 2 rings (SSSR count). The van der Waals surface area contributed by atoms with E-state index in [1.165, 1.54) is 13.2 Å². The van der Waals surface area contributed by atoms with E-state index in [0.29, 0.717) is 25.0 Å². The van der Waals surface area contributed by atoms with Crippen LogP contribution in [0.3, 0.4) is 0 Å². The summed E-state index contributed by atoms with van der Waals surface area (Å²) >= 11 is 0. The first-order valence-corrected chi connectivity index (χ1v) is 5.47. The lowest BCUT2D eigenvalue weighted by molar-refractivity contribution is -0.123. The first kappa shape index (κ1) is 11.2. The summed E-state index contributed by atoms with van der Waals surface area (Å²) in [6, 6.07) is 2.28. The molecule has 0 radical (unpaired) electrons. The summed E-state index contributed by atoms with van der Waals surface area (Å²) in [5.74, 6) is 0.843. The van der Waals surface area contributed by atoms with Crippen LogP contribution in [0.4, 0.5) is 0 Å². The molecule has 0 aromatic rings. The SMILES string of the molecule is COC1=CC(=O)C[C@]2(C#N)C[C@H](CCO)[C@H]12. The van der Waals surface area contributed by atoms with Gasteiger partial charge >= 0.3 is 0 Å². The van der Waals surface area contributed by atoms with Crippen LogP contribution in [0.5, 0.6) is 0 Å². The number of aliphatic hydroxyl groups is 1. The van der Waals surface area contributed by atoms with Crippen molar-refractivity contribution in [3.63, 3.8) is 0 Å². The molecule has 3 atom stereocenters. The number of nitrogens with zero attached hydrogens (tertiary/aromatic N) is 1. The third-order valence-corrected chi connectivity index (χ3v) is 3.75. The monoisotopic (exact) mass is 221 g/mol. The van der Waals surface area contributed by atoms with Crippen LogP contribution >= 0.6 is 0 Å². The number of carbonyl (C=O) groups is 1. The van der Waals surface area contributed by atoms with Gasteiger partial charge in [0, 0.05) is 25.0 Å². The molecule has 0 heterocycles. The van der Waals surface area contributed by atoms with Gasteiger partial charge in [0.25, 0.3) is 0 Å². The van der Waals surface area contributed by atoms with Crippen molar-refractivity contribution in [2.75, 3.05) is 13.7 Å². The van der Waals surface area contributed by atoms with Crippen LogP contribution in [0, 0.1) is 28.6 Å². The van der Waals surface area contributed by atoms with Crippen molar-refractivity contribution in [3.05, 3.63) is 11.8 Å². The summed E-state index contributed by atoms with van der Waals surface area (Å²) in [5, 5.41) is 18.2. The van der Waals surface area contributed by atoms with E-state index in [1.807, 2.05) is 0 Å². The van der Waals surface area contributed by atoms with Gasteiger partial charge in [0.2, 0.25) is 0 Å². The van der Waals surface area contributed by atoms with E-state index in [2.05, 4.69) is 6.07 Å². The Kier molecular flexibility index (Phi) is 2.73. The first-order chi connectivity index (χ1) is 7.66. The fourth-order valence-corrected chi connectivity index (χ4v) is 3.08. The molecule has 86 valence electrons. The quantitative estimate of drug-likeness (QED) is 0.772. The molecule has 4 heteroatoms. The second kappa shape index (κ2) is 3.91. The van der Waals surface area contributed by atoms with Gasteiger partial charge in [0.05, 0.1) is 18.6 Å².